The van der Waals surface area contributed by atoms with Crippen LogP contribution in [0.1, 0.15) is 52.4 Å². The molecule has 0 unspecified atom stereocenters. The van der Waals surface area contributed by atoms with Gasteiger partial charge in [-0.15, -0.1) is 0 Å². The van der Waals surface area contributed by atoms with Gasteiger partial charge >= 0.3 is 12.0 Å². The molecule has 1 aliphatic carbocycles. The van der Waals surface area contributed by atoms with Crippen LogP contribution < -0.4 is 10.6 Å². The number of amides is 2. The maximum Gasteiger partial charge on any atom is 0.329 e. The largest absolute Gasteiger partial charge is 0.480 e. The number of hydrogen-bond acceptors (Lipinski definition) is 3. The van der Waals surface area contributed by atoms with Crippen molar-refractivity contribution in [2.75, 3.05) is 20.1 Å². The van der Waals surface area contributed by atoms with E-state index in [9.17, 15) is 14.7 Å². The average molecular weight is 299 g/mol. The van der Waals surface area contributed by atoms with Gasteiger partial charge in [0.1, 0.15) is 5.54 Å². The predicted octanol–water partition coefficient (Wildman–Crippen LogP) is 1.80. The van der Waals surface area contributed by atoms with Gasteiger partial charge in [-0.1, -0.05) is 19.3 Å². The highest BCUT2D eigenvalue weighted by Gasteiger charge is 2.40. The lowest BCUT2D eigenvalue weighted by atomic mass is 9.82. The molecule has 1 aliphatic rings. The molecule has 0 saturated heterocycles. The van der Waals surface area contributed by atoms with Crippen molar-refractivity contribution in [1.29, 1.82) is 0 Å². The van der Waals surface area contributed by atoms with Gasteiger partial charge in [-0.2, -0.15) is 0 Å². The van der Waals surface area contributed by atoms with Gasteiger partial charge in [0.05, 0.1) is 0 Å². The van der Waals surface area contributed by atoms with Crippen molar-refractivity contribution in [2.45, 2.75) is 64.0 Å². The summed E-state index contributed by atoms with van der Waals surface area (Å²) in [5.41, 5.74) is -1.07. The molecule has 3 N–H and O–H groups in total. The number of hydrogen-bond donors (Lipinski definition) is 3. The van der Waals surface area contributed by atoms with Crippen molar-refractivity contribution in [3.8, 4) is 0 Å². The molecule has 0 spiro atoms. The van der Waals surface area contributed by atoms with Crippen LogP contribution in [-0.2, 0) is 4.79 Å². The van der Waals surface area contributed by atoms with Crippen molar-refractivity contribution in [2.24, 2.45) is 0 Å². The normalized spacial score (nSPS) is 17.8. The van der Waals surface area contributed by atoms with Crippen molar-refractivity contribution in [3.05, 3.63) is 0 Å². The third-order valence-corrected chi connectivity index (χ3v) is 4.32. The Hall–Kier alpha value is -1.30. The first kappa shape index (κ1) is 17.8. The molecule has 1 saturated carbocycles. The van der Waals surface area contributed by atoms with Crippen molar-refractivity contribution >= 4 is 12.0 Å². The van der Waals surface area contributed by atoms with Crippen LogP contribution in [0.15, 0.2) is 0 Å². The summed E-state index contributed by atoms with van der Waals surface area (Å²) in [4.78, 5) is 25.6. The van der Waals surface area contributed by atoms with Crippen LogP contribution in [0.2, 0.25) is 0 Å². The van der Waals surface area contributed by atoms with Gasteiger partial charge in [0.25, 0.3) is 0 Å². The summed E-state index contributed by atoms with van der Waals surface area (Å²) >= 11 is 0. The molecule has 6 nitrogen and oxygen atoms in total. The Morgan fingerprint density at radius 1 is 1.24 bits per heavy atom. The van der Waals surface area contributed by atoms with E-state index in [4.69, 9.17) is 0 Å². The molecular weight excluding hydrogens is 270 g/mol. The molecule has 6 heteroatoms. The van der Waals surface area contributed by atoms with Gasteiger partial charge in [-0.3, -0.25) is 0 Å². The third-order valence-electron chi connectivity index (χ3n) is 4.32. The van der Waals surface area contributed by atoms with Crippen LogP contribution in [0, 0.1) is 0 Å². The molecular formula is C15H29N3O3. The zero-order chi connectivity index (χ0) is 15.9. The van der Waals surface area contributed by atoms with Gasteiger partial charge in [-0.05, 0) is 46.7 Å². The Labute approximate surface area is 127 Å². The Kier molecular flexibility index (Phi) is 6.95. The molecule has 0 heterocycles. The first-order valence-corrected chi connectivity index (χ1v) is 7.87. The number of aliphatic carboxylic acids is 1. The Morgan fingerprint density at radius 3 is 2.38 bits per heavy atom. The molecule has 0 bridgehead atoms. The Bertz CT molecular complexity index is 352. The number of carbonyl (C=O) groups is 2. The second-order valence-electron chi connectivity index (χ2n) is 6.26. The number of carbonyl (C=O) groups excluding carboxylic acids is 1. The van der Waals surface area contributed by atoms with Crippen LogP contribution in [-0.4, -0.2) is 53.7 Å². The average Bonchev–Trinajstić information content (AvgIpc) is 2.44. The summed E-state index contributed by atoms with van der Waals surface area (Å²) in [6.07, 6.45) is 4.64. The minimum absolute atomic E-state index is 0.369. The lowest BCUT2D eigenvalue weighted by Crippen LogP contribution is -2.58. The zero-order valence-electron chi connectivity index (χ0n) is 13.4. The predicted molar refractivity (Wildman–Crippen MR) is 82.4 cm³/mol. The first-order chi connectivity index (χ1) is 9.87. The maximum absolute atomic E-state index is 11.9. The number of carboxylic acid groups (broad SMARTS) is 1. The van der Waals surface area contributed by atoms with E-state index >= 15 is 0 Å². The highest BCUT2D eigenvalue weighted by molar-refractivity contribution is 5.86. The molecule has 2 amide bonds. The van der Waals surface area contributed by atoms with E-state index in [1.165, 1.54) is 0 Å². The quantitative estimate of drug-likeness (QED) is 0.626. The van der Waals surface area contributed by atoms with Crippen LogP contribution in [0.5, 0.6) is 0 Å². The van der Waals surface area contributed by atoms with Crippen LogP contribution >= 0.6 is 0 Å². The highest BCUT2D eigenvalue weighted by Crippen LogP contribution is 2.28. The van der Waals surface area contributed by atoms with Crippen LogP contribution in [0.4, 0.5) is 4.79 Å². The van der Waals surface area contributed by atoms with Gasteiger partial charge in [-0.25, -0.2) is 9.59 Å². The molecule has 0 aliphatic heterocycles. The van der Waals surface area contributed by atoms with E-state index in [1.54, 1.807) is 0 Å². The van der Waals surface area contributed by atoms with Gasteiger partial charge in [0.2, 0.25) is 0 Å². The number of rotatable bonds is 7. The smallest absolute Gasteiger partial charge is 0.329 e. The van der Waals surface area contributed by atoms with Crippen LogP contribution in [0.25, 0.3) is 0 Å². The first-order valence-electron chi connectivity index (χ1n) is 7.87. The summed E-state index contributed by atoms with van der Waals surface area (Å²) in [5, 5.41) is 14.8. The summed E-state index contributed by atoms with van der Waals surface area (Å²) < 4.78 is 0. The fraction of sp³-hybridized carbons (Fsp3) is 0.867. The summed E-state index contributed by atoms with van der Waals surface area (Å²) in [6, 6.07) is 0.114. The zero-order valence-corrected chi connectivity index (χ0v) is 13.4. The monoisotopic (exact) mass is 299 g/mol. The number of urea groups is 1. The van der Waals surface area contributed by atoms with Crippen molar-refractivity contribution in [1.82, 2.24) is 15.5 Å². The van der Waals surface area contributed by atoms with E-state index in [-0.39, 0.29) is 6.03 Å². The summed E-state index contributed by atoms with van der Waals surface area (Å²) in [7, 11) is 2.05. The van der Waals surface area contributed by atoms with E-state index in [0.29, 0.717) is 25.4 Å². The molecule has 0 aromatic heterocycles. The number of carboxylic acids is 1. The minimum atomic E-state index is -1.07. The second-order valence-corrected chi connectivity index (χ2v) is 6.26. The Morgan fingerprint density at radius 2 is 1.86 bits per heavy atom. The SMILES string of the molecule is CC(C)N(C)CCCNC(=O)NC1(C(=O)O)CCCCC1. The standard InChI is InChI=1S/C15H29N3O3/c1-12(2)18(3)11-7-10-16-14(21)17-15(13(19)20)8-5-4-6-9-15/h12H,4-11H2,1-3H3,(H,19,20)(H2,16,17,21). The van der Waals surface area contributed by atoms with E-state index < -0.39 is 11.5 Å². The molecule has 0 radical (unpaired) electrons. The molecule has 1 rings (SSSR count). The van der Waals surface area contributed by atoms with Crippen molar-refractivity contribution in [3.63, 3.8) is 0 Å². The van der Waals surface area contributed by atoms with E-state index in [2.05, 4.69) is 29.4 Å². The van der Waals surface area contributed by atoms with Crippen LogP contribution in [0.3, 0.4) is 0 Å². The highest BCUT2D eigenvalue weighted by atomic mass is 16.4. The third kappa shape index (κ3) is 5.53. The number of nitrogens with zero attached hydrogens (tertiary/aromatic N) is 1. The lowest BCUT2D eigenvalue weighted by Gasteiger charge is -2.33. The minimum Gasteiger partial charge on any atom is -0.480 e. The second kappa shape index (κ2) is 8.22. The lowest BCUT2D eigenvalue weighted by molar-refractivity contribution is -0.145. The molecule has 21 heavy (non-hydrogen) atoms. The summed E-state index contributed by atoms with van der Waals surface area (Å²) in [6.45, 7) is 5.71. The van der Waals surface area contributed by atoms with Gasteiger partial charge in [0, 0.05) is 12.6 Å². The molecule has 0 atom stereocenters. The van der Waals surface area contributed by atoms with Gasteiger partial charge < -0.3 is 20.6 Å². The maximum atomic E-state index is 11.9. The van der Waals surface area contributed by atoms with Crippen molar-refractivity contribution < 1.29 is 14.7 Å². The van der Waals surface area contributed by atoms with E-state index in [0.717, 1.165) is 32.2 Å². The molecule has 122 valence electrons. The fourth-order valence-electron chi connectivity index (χ4n) is 2.60. The topological polar surface area (TPSA) is 81.7 Å². The molecule has 0 aromatic rings. The Balaban J connectivity index is 2.33. The fourth-order valence-corrected chi connectivity index (χ4v) is 2.60. The summed E-state index contributed by atoms with van der Waals surface area (Å²) in [5.74, 6) is -0.920. The van der Waals surface area contributed by atoms with Gasteiger partial charge in [0.15, 0.2) is 0 Å². The van der Waals surface area contributed by atoms with E-state index in [1.807, 2.05) is 7.05 Å². The number of nitrogens with one attached hydrogen (secondary N) is 2. The molecule has 0 aromatic carbocycles. The molecule has 1 fully saturated rings.